The van der Waals surface area contributed by atoms with Gasteiger partial charge in [0.1, 0.15) is 18.5 Å². The molecule has 1 atom stereocenters. The maximum absolute atomic E-state index is 13.4. The zero-order valence-electron chi connectivity index (χ0n) is 12.5. The van der Waals surface area contributed by atoms with Crippen molar-refractivity contribution in [3.05, 3.63) is 70.8 Å². The maximum Gasteiger partial charge on any atom is 0.261 e. The first kappa shape index (κ1) is 16.1. The third kappa shape index (κ3) is 3.41. The van der Waals surface area contributed by atoms with E-state index in [0.717, 1.165) is 0 Å². The van der Waals surface area contributed by atoms with Crippen LogP contribution in [0.3, 0.4) is 0 Å². The summed E-state index contributed by atoms with van der Waals surface area (Å²) in [5.41, 5.74) is -0.154. The van der Waals surface area contributed by atoms with Crippen molar-refractivity contribution in [2.75, 3.05) is 6.61 Å². The number of rotatable bonds is 5. The molecule has 1 heterocycles. The van der Waals surface area contributed by atoms with Crippen LogP contribution in [-0.2, 0) is 6.54 Å². The molecule has 0 bridgehead atoms. The van der Waals surface area contributed by atoms with Crippen LogP contribution in [-0.4, -0.2) is 27.4 Å². The molecule has 0 amide bonds. The van der Waals surface area contributed by atoms with Gasteiger partial charge in [-0.2, -0.15) is 0 Å². The first-order chi connectivity index (χ1) is 11.5. The first-order valence-corrected chi connectivity index (χ1v) is 7.24. The van der Waals surface area contributed by atoms with Gasteiger partial charge in [0, 0.05) is 6.07 Å². The van der Waals surface area contributed by atoms with E-state index in [-0.39, 0.29) is 29.8 Å². The zero-order chi connectivity index (χ0) is 17.1. The summed E-state index contributed by atoms with van der Waals surface area (Å²) in [7, 11) is 0. The first-order valence-electron chi connectivity index (χ1n) is 7.24. The van der Waals surface area contributed by atoms with Crippen molar-refractivity contribution in [3.8, 4) is 5.75 Å². The Morgan fingerprint density at radius 2 is 2.00 bits per heavy atom. The number of aliphatic hydroxyl groups excluding tert-OH is 1. The van der Waals surface area contributed by atoms with E-state index < -0.39 is 23.3 Å². The highest BCUT2D eigenvalue weighted by Crippen LogP contribution is 2.15. The fourth-order valence-electron chi connectivity index (χ4n) is 2.29. The Labute approximate surface area is 135 Å². The molecular formula is C17H14F2N2O3. The van der Waals surface area contributed by atoms with E-state index in [1.54, 1.807) is 6.07 Å². The van der Waals surface area contributed by atoms with Crippen LogP contribution >= 0.6 is 0 Å². The lowest BCUT2D eigenvalue weighted by Crippen LogP contribution is -2.30. The molecule has 0 saturated carbocycles. The van der Waals surface area contributed by atoms with Gasteiger partial charge < -0.3 is 9.84 Å². The Balaban J connectivity index is 1.72. The molecule has 0 aliphatic carbocycles. The van der Waals surface area contributed by atoms with Gasteiger partial charge in [0.25, 0.3) is 5.56 Å². The predicted octanol–water partition coefficient (Wildman–Crippen LogP) is 2.11. The highest BCUT2D eigenvalue weighted by molar-refractivity contribution is 5.77. The number of aromatic nitrogens is 2. The molecule has 1 N–H and O–H groups in total. The van der Waals surface area contributed by atoms with Crippen molar-refractivity contribution in [2.24, 2.45) is 0 Å². The summed E-state index contributed by atoms with van der Waals surface area (Å²) in [6, 6.07) is 9.52. The summed E-state index contributed by atoms with van der Waals surface area (Å²) in [6.07, 6.45) is 0.193. The lowest BCUT2D eigenvalue weighted by atomic mass is 10.2. The summed E-state index contributed by atoms with van der Waals surface area (Å²) in [5, 5.41) is 10.3. The smallest absolute Gasteiger partial charge is 0.261 e. The summed E-state index contributed by atoms with van der Waals surface area (Å²) in [6.45, 7) is -0.261. The predicted molar refractivity (Wildman–Crippen MR) is 83.9 cm³/mol. The Bertz CT molecular complexity index is 927. The van der Waals surface area contributed by atoms with Crippen molar-refractivity contribution >= 4 is 10.9 Å². The molecule has 0 aliphatic heterocycles. The number of ether oxygens (including phenoxy) is 1. The van der Waals surface area contributed by atoms with Crippen LogP contribution in [0.5, 0.6) is 5.75 Å². The molecule has 0 spiro atoms. The number of halogens is 2. The molecule has 124 valence electrons. The van der Waals surface area contributed by atoms with Gasteiger partial charge in [0.15, 0.2) is 11.6 Å². The molecule has 1 unspecified atom stereocenters. The van der Waals surface area contributed by atoms with Gasteiger partial charge in [-0.25, -0.2) is 13.8 Å². The van der Waals surface area contributed by atoms with E-state index in [1.807, 2.05) is 0 Å². The van der Waals surface area contributed by atoms with Crippen molar-refractivity contribution < 1.29 is 18.6 Å². The molecule has 0 saturated heterocycles. The number of benzene rings is 2. The van der Waals surface area contributed by atoms with Crippen LogP contribution in [0.1, 0.15) is 0 Å². The van der Waals surface area contributed by atoms with Crippen molar-refractivity contribution in [2.45, 2.75) is 12.6 Å². The molecule has 3 aromatic rings. The van der Waals surface area contributed by atoms with Gasteiger partial charge in [-0.1, -0.05) is 12.1 Å². The molecule has 24 heavy (non-hydrogen) atoms. The quantitative estimate of drug-likeness (QED) is 0.777. The monoisotopic (exact) mass is 332 g/mol. The Hall–Kier alpha value is -2.80. The number of fused-ring (bicyclic) bond motifs is 1. The number of hydrogen-bond donors (Lipinski definition) is 1. The molecular weight excluding hydrogens is 318 g/mol. The normalized spacial score (nSPS) is 12.3. The standard InChI is InChI=1S/C17H14F2N2O3/c18-11-5-6-13-15(7-11)20-10-21(17(13)23)8-12(22)9-24-16-4-2-1-3-14(16)19/h1-7,10,12,22H,8-9H2. The van der Waals surface area contributed by atoms with Crippen LogP contribution in [0, 0.1) is 11.6 Å². The van der Waals surface area contributed by atoms with Crippen LogP contribution < -0.4 is 10.3 Å². The fourth-order valence-corrected chi connectivity index (χ4v) is 2.29. The van der Waals surface area contributed by atoms with E-state index in [4.69, 9.17) is 4.74 Å². The summed E-state index contributed by atoms with van der Waals surface area (Å²) in [4.78, 5) is 16.3. The SMILES string of the molecule is O=c1c2ccc(F)cc2ncn1CC(O)COc1ccccc1F. The molecule has 7 heteroatoms. The van der Waals surface area contributed by atoms with Gasteiger partial charge in [0.05, 0.1) is 23.8 Å². The fraction of sp³-hybridized carbons (Fsp3) is 0.176. The lowest BCUT2D eigenvalue weighted by Gasteiger charge is -2.14. The number of para-hydroxylation sites is 1. The van der Waals surface area contributed by atoms with Crippen LogP contribution in [0.2, 0.25) is 0 Å². The molecule has 0 radical (unpaired) electrons. The Kier molecular flexibility index (Phi) is 4.52. The third-order valence-electron chi connectivity index (χ3n) is 3.46. The molecule has 2 aromatic carbocycles. The van der Waals surface area contributed by atoms with Gasteiger partial charge in [-0.3, -0.25) is 9.36 Å². The second kappa shape index (κ2) is 6.76. The number of hydrogen-bond acceptors (Lipinski definition) is 4. The number of nitrogens with zero attached hydrogens (tertiary/aromatic N) is 2. The van der Waals surface area contributed by atoms with E-state index in [9.17, 15) is 18.7 Å². The van der Waals surface area contributed by atoms with Gasteiger partial charge in [0.2, 0.25) is 0 Å². The van der Waals surface area contributed by atoms with Gasteiger partial charge >= 0.3 is 0 Å². The molecule has 0 fully saturated rings. The van der Waals surface area contributed by atoms with Crippen LogP contribution in [0.4, 0.5) is 8.78 Å². The molecule has 0 aliphatic rings. The topological polar surface area (TPSA) is 64.4 Å². The van der Waals surface area contributed by atoms with Crippen LogP contribution in [0.25, 0.3) is 10.9 Å². The molecule has 5 nitrogen and oxygen atoms in total. The summed E-state index contributed by atoms with van der Waals surface area (Å²) >= 11 is 0. The minimum Gasteiger partial charge on any atom is -0.488 e. The van der Waals surface area contributed by atoms with E-state index >= 15 is 0 Å². The summed E-state index contributed by atoms with van der Waals surface area (Å²) < 4.78 is 33.0. The highest BCUT2D eigenvalue weighted by Gasteiger charge is 2.11. The van der Waals surface area contributed by atoms with E-state index in [0.29, 0.717) is 0 Å². The minimum atomic E-state index is -1.04. The van der Waals surface area contributed by atoms with Gasteiger partial charge in [-0.15, -0.1) is 0 Å². The average molecular weight is 332 g/mol. The van der Waals surface area contributed by atoms with Gasteiger partial charge in [-0.05, 0) is 24.3 Å². The largest absolute Gasteiger partial charge is 0.488 e. The van der Waals surface area contributed by atoms with E-state index in [2.05, 4.69) is 4.98 Å². The second-order valence-electron chi connectivity index (χ2n) is 5.26. The lowest BCUT2D eigenvalue weighted by molar-refractivity contribution is 0.0895. The minimum absolute atomic E-state index is 0.0241. The molecule has 3 rings (SSSR count). The van der Waals surface area contributed by atoms with Crippen molar-refractivity contribution in [3.63, 3.8) is 0 Å². The van der Waals surface area contributed by atoms with E-state index in [1.165, 1.54) is 47.3 Å². The second-order valence-corrected chi connectivity index (χ2v) is 5.26. The number of aliphatic hydroxyl groups is 1. The Morgan fingerprint density at radius 3 is 2.79 bits per heavy atom. The van der Waals surface area contributed by atoms with Crippen LogP contribution in [0.15, 0.2) is 53.6 Å². The average Bonchev–Trinajstić information content (AvgIpc) is 2.56. The van der Waals surface area contributed by atoms with Crippen molar-refractivity contribution in [1.29, 1.82) is 0 Å². The summed E-state index contributed by atoms with van der Waals surface area (Å²) in [5.74, 6) is -0.988. The third-order valence-corrected chi connectivity index (χ3v) is 3.46. The zero-order valence-corrected chi connectivity index (χ0v) is 12.5. The highest BCUT2D eigenvalue weighted by atomic mass is 19.1. The molecule has 1 aromatic heterocycles. The Morgan fingerprint density at radius 1 is 1.21 bits per heavy atom. The maximum atomic E-state index is 13.4. The van der Waals surface area contributed by atoms with Crippen molar-refractivity contribution in [1.82, 2.24) is 9.55 Å².